The molecule has 1 aromatic heterocycles. The maximum atomic E-state index is 12.3. The number of benzene rings is 3. The Morgan fingerprint density at radius 2 is 1.77 bits per heavy atom. The lowest BCUT2D eigenvalue weighted by Gasteiger charge is -2.08. The highest BCUT2D eigenvalue weighted by Gasteiger charge is 2.13. The molecule has 2 N–H and O–H groups in total. The highest BCUT2D eigenvalue weighted by atomic mass is 35.5. The van der Waals surface area contributed by atoms with Crippen LogP contribution in [0.15, 0.2) is 72.8 Å². The standard InChI is InChI=1S/C23H18ClN3O3/c24-18-9-5-4-8-17(18)13-25-21(28)14-30-23(29)16-10-11-19-20(12-16)27-22(26-19)15-6-2-1-3-7-15/h1-12H,13-14H2,(H,25,28)(H,26,27). The molecule has 0 saturated heterocycles. The summed E-state index contributed by atoms with van der Waals surface area (Å²) < 4.78 is 5.13. The summed E-state index contributed by atoms with van der Waals surface area (Å²) in [5.74, 6) is -0.270. The zero-order chi connectivity index (χ0) is 20.9. The number of aromatic amines is 1. The zero-order valence-electron chi connectivity index (χ0n) is 15.9. The molecule has 0 atom stereocenters. The smallest absolute Gasteiger partial charge is 0.338 e. The van der Waals surface area contributed by atoms with Gasteiger partial charge in [-0.25, -0.2) is 9.78 Å². The van der Waals surface area contributed by atoms with Crippen molar-refractivity contribution in [3.63, 3.8) is 0 Å². The predicted molar refractivity (Wildman–Crippen MR) is 115 cm³/mol. The Bertz CT molecular complexity index is 1200. The minimum absolute atomic E-state index is 0.262. The first kappa shape index (κ1) is 19.7. The average molecular weight is 420 g/mol. The second-order valence-electron chi connectivity index (χ2n) is 6.63. The lowest BCUT2D eigenvalue weighted by atomic mass is 10.2. The van der Waals surface area contributed by atoms with E-state index >= 15 is 0 Å². The topological polar surface area (TPSA) is 84.1 Å². The van der Waals surface area contributed by atoms with E-state index in [-0.39, 0.29) is 13.2 Å². The van der Waals surface area contributed by atoms with Gasteiger partial charge in [0.2, 0.25) is 0 Å². The van der Waals surface area contributed by atoms with Gasteiger partial charge in [0.15, 0.2) is 6.61 Å². The van der Waals surface area contributed by atoms with E-state index in [0.717, 1.165) is 22.5 Å². The molecule has 0 aliphatic heterocycles. The summed E-state index contributed by atoms with van der Waals surface area (Å²) in [5, 5.41) is 3.25. The average Bonchev–Trinajstić information content (AvgIpc) is 3.21. The second kappa shape index (κ2) is 8.80. The lowest BCUT2D eigenvalue weighted by molar-refractivity contribution is -0.124. The predicted octanol–water partition coefficient (Wildman–Crippen LogP) is 4.36. The number of aromatic nitrogens is 2. The summed E-state index contributed by atoms with van der Waals surface area (Å²) >= 11 is 6.06. The van der Waals surface area contributed by atoms with Crippen LogP contribution in [-0.2, 0) is 16.1 Å². The first-order chi connectivity index (χ1) is 14.6. The molecule has 7 heteroatoms. The van der Waals surface area contributed by atoms with Crippen LogP contribution in [0, 0.1) is 0 Å². The fourth-order valence-corrected chi connectivity index (χ4v) is 3.17. The molecule has 4 rings (SSSR count). The zero-order valence-corrected chi connectivity index (χ0v) is 16.6. The number of carbonyl (C=O) groups is 2. The maximum absolute atomic E-state index is 12.3. The van der Waals surface area contributed by atoms with Crippen molar-refractivity contribution < 1.29 is 14.3 Å². The Kier molecular flexibility index (Phi) is 5.77. The second-order valence-corrected chi connectivity index (χ2v) is 7.03. The third-order valence-electron chi connectivity index (χ3n) is 4.53. The number of H-pyrrole nitrogens is 1. The van der Waals surface area contributed by atoms with Crippen molar-refractivity contribution >= 4 is 34.5 Å². The van der Waals surface area contributed by atoms with Crippen LogP contribution in [0.1, 0.15) is 15.9 Å². The van der Waals surface area contributed by atoms with Crippen molar-refractivity contribution in [2.45, 2.75) is 6.54 Å². The Hall–Kier alpha value is -3.64. The van der Waals surface area contributed by atoms with Crippen molar-refractivity contribution in [2.24, 2.45) is 0 Å². The molecule has 0 bridgehead atoms. The van der Waals surface area contributed by atoms with E-state index in [1.165, 1.54) is 0 Å². The molecule has 0 unspecified atom stereocenters. The molecule has 0 fully saturated rings. The van der Waals surface area contributed by atoms with Crippen molar-refractivity contribution in [3.05, 3.63) is 88.9 Å². The third-order valence-corrected chi connectivity index (χ3v) is 4.90. The molecule has 4 aromatic rings. The van der Waals surface area contributed by atoms with Crippen LogP contribution in [0.4, 0.5) is 0 Å². The van der Waals surface area contributed by atoms with Gasteiger partial charge in [-0.1, -0.05) is 60.1 Å². The Labute approximate surface area is 177 Å². The molecular weight excluding hydrogens is 402 g/mol. The van der Waals surface area contributed by atoms with Crippen LogP contribution in [0.2, 0.25) is 5.02 Å². The van der Waals surface area contributed by atoms with Gasteiger partial charge >= 0.3 is 5.97 Å². The Balaban J connectivity index is 1.37. The number of hydrogen-bond acceptors (Lipinski definition) is 4. The van der Waals surface area contributed by atoms with Crippen LogP contribution in [-0.4, -0.2) is 28.5 Å². The summed E-state index contributed by atoms with van der Waals surface area (Å²) in [7, 11) is 0. The molecule has 30 heavy (non-hydrogen) atoms. The largest absolute Gasteiger partial charge is 0.452 e. The number of nitrogens with one attached hydrogen (secondary N) is 2. The minimum atomic E-state index is -0.583. The highest BCUT2D eigenvalue weighted by Crippen LogP contribution is 2.21. The van der Waals surface area contributed by atoms with Gasteiger partial charge in [-0.3, -0.25) is 4.79 Å². The van der Waals surface area contributed by atoms with E-state index in [2.05, 4.69) is 15.3 Å². The van der Waals surface area contributed by atoms with Crippen LogP contribution in [0.5, 0.6) is 0 Å². The first-order valence-electron chi connectivity index (χ1n) is 9.32. The van der Waals surface area contributed by atoms with Gasteiger partial charge < -0.3 is 15.0 Å². The minimum Gasteiger partial charge on any atom is -0.452 e. The summed E-state index contributed by atoms with van der Waals surface area (Å²) in [6.45, 7) is -0.113. The summed E-state index contributed by atoms with van der Waals surface area (Å²) in [6, 6.07) is 22.0. The van der Waals surface area contributed by atoms with Gasteiger partial charge in [-0.2, -0.15) is 0 Å². The summed E-state index contributed by atoms with van der Waals surface area (Å²) in [5.41, 5.74) is 3.53. The number of carbonyl (C=O) groups excluding carboxylic acids is 2. The molecule has 0 aliphatic carbocycles. The fourth-order valence-electron chi connectivity index (χ4n) is 2.97. The van der Waals surface area contributed by atoms with Crippen LogP contribution < -0.4 is 5.32 Å². The normalized spacial score (nSPS) is 10.7. The van der Waals surface area contributed by atoms with Gasteiger partial charge in [0.05, 0.1) is 16.6 Å². The van der Waals surface area contributed by atoms with Crippen molar-refractivity contribution in [1.29, 1.82) is 0 Å². The van der Waals surface area contributed by atoms with E-state index in [9.17, 15) is 9.59 Å². The molecule has 0 saturated carbocycles. The fraction of sp³-hybridized carbons (Fsp3) is 0.0870. The number of halogens is 1. The number of nitrogens with zero attached hydrogens (tertiary/aromatic N) is 1. The van der Waals surface area contributed by atoms with E-state index in [4.69, 9.17) is 16.3 Å². The lowest BCUT2D eigenvalue weighted by Crippen LogP contribution is -2.28. The molecule has 1 amide bonds. The van der Waals surface area contributed by atoms with Gasteiger partial charge in [0.1, 0.15) is 5.82 Å². The van der Waals surface area contributed by atoms with Gasteiger partial charge in [0, 0.05) is 17.1 Å². The van der Waals surface area contributed by atoms with Gasteiger partial charge in [-0.15, -0.1) is 0 Å². The Morgan fingerprint density at radius 1 is 1.00 bits per heavy atom. The number of esters is 1. The van der Waals surface area contributed by atoms with Crippen molar-refractivity contribution in [1.82, 2.24) is 15.3 Å². The number of hydrogen-bond donors (Lipinski definition) is 2. The third kappa shape index (κ3) is 4.50. The highest BCUT2D eigenvalue weighted by molar-refractivity contribution is 6.31. The van der Waals surface area contributed by atoms with Gasteiger partial charge in [-0.05, 0) is 29.8 Å². The molecule has 0 spiro atoms. The molecule has 3 aromatic carbocycles. The van der Waals surface area contributed by atoms with Crippen molar-refractivity contribution in [2.75, 3.05) is 6.61 Å². The first-order valence-corrected chi connectivity index (χ1v) is 9.70. The molecule has 150 valence electrons. The Morgan fingerprint density at radius 3 is 2.57 bits per heavy atom. The van der Waals surface area contributed by atoms with Crippen LogP contribution in [0.25, 0.3) is 22.4 Å². The monoisotopic (exact) mass is 419 g/mol. The van der Waals surface area contributed by atoms with Crippen LogP contribution >= 0.6 is 11.6 Å². The van der Waals surface area contributed by atoms with E-state index in [0.29, 0.717) is 16.1 Å². The number of imidazole rings is 1. The molecule has 6 nitrogen and oxygen atoms in total. The summed E-state index contributed by atoms with van der Waals surface area (Å²) in [6.07, 6.45) is 0. The number of rotatable bonds is 6. The SMILES string of the molecule is O=C(COC(=O)c1ccc2nc(-c3ccccc3)[nH]c2c1)NCc1ccccc1Cl. The molecular formula is C23H18ClN3O3. The molecule has 1 heterocycles. The van der Waals surface area contributed by atoms with Crippen molar-refractivity contribution in [3.8, 4) is 11.4 Å². The van der Waals surface area contributed by atoms with Gasteiger partial charge in [0.25, 0.3) is 5.91 Å². The van der Waals surface area contributed by atoms with E-state index < -0.39 is 11.9 Å². The maximum Gasteiger partial charge on any atom is 0.338 e. The van der Waals surface area contributed by atoms with Crippen LogP contribution in [0.3, 0.4) is 0 Å². The number of fused-ring (bicyclic) bond motifs is 1. The number of amides is 1. The number of ether oxygens (including phenoxy) is 1. The van der Waals surface area contributed by atoms with E-state index in [1.807, 2.05) is 48.5 Å². The quantitative estimate of drug-likeness (QED) is 0.455. The summed E-state index contributed by atoms with van der Waals surface area (Å²) in [4.78, 5) is 32.1. The molecule has 0 aliphatic rings. The van der Waals surface area contributed by atoms with E-state index in [1.54, 1.807) is 24.3 Å². The molecule has 0 radical (unpaired) electrons.